The molecule has 0 aliphatic carbocycles. The first kappa shape index (κ1) is 29.9. The molecule has 4 rings (SSSR count). The number of halogens is 5. The molecule has 40 heavy (non-hydrogen) atoms. The molecule has 1 aliphatic heterocycles. The third-order valence-electron chi connectivity index (χ3n) is 6.07. The number of alkyl halides is 5. The lowest BCUT2D eigenvalue weighted by Gasteiger charge is -2.29. The summed E-state index contributed by atoms with van der Waals surface area (Å²) in [7, 11) is -6.83. The summed E-state index contributed by atoms with van der Waals surface area (Å²) in [6.07, 6.45) is -4.63. The van der Waals surface area contributed by atoms with Gasteiger partial charge in [-0.1, -0.05) is 18.2 Å². The van der Waals surface area contributed by atoms with Crippen molar-refractivity contribution in [2.45, 2.75) is 51.4 Å². The van der Waals surface area contributed by atoms with Crippen LogP contribution in [0.15, 0.2) is 93.5 Å². The lowest BCUT2D eigenvalue weighted by Crippen LogP contribution is -2.45. The Kier molecular flexibility index (Phi) is 7.79. The Morgan fingerprint density at radius 3 is 1.85 bits per heavy atom. The highest BCUT2D eigenvalue weighted by Gasteiger charge is 2.61. The molecular weight excluding hydrogens is 583 g/mol. The summed E-state index contributed by atoms with van der Waals surface area (Å²) in [4.78, 5) is 13.8. The van der Waals surface area contributed by atoms with Gasteiger partial charge in [-0.25, -0.2) is 4.79 Å². The first-order valence-electron chi connectivity index (χ1n) is 11.4. The molecular formula is C26H22F5O7S2+. The molecule has 3 unspecified atom stereocenters. The summed E-state index contributed by atoms with van der Waals surface area (Å²) in [5.41, 5.74) is -2.10. The average molecular weight is 606 g/mol. The minimum absolute atomic E-state index is 0.364. The fourth-order valence-corrected chi connectivity index (χ4v) is 6.13. The number of hydrogen-bond donors (Lipinski definition) is 1. The maximum absolute atomic E-state index is 13.5. The predicted molar refractivity (Wildman–Crippen MR) is 132 cm³/mol. The smallest absolute Gasteiger partial charge is 0.421 e. The van der Waals surface area contributed by atoms with Gasteiger partial charge in [-0.05, 0) is 74.5 Å². The van der Waals surface area contributed by atoms with Crippen LogP contribution < -0.4 is 4.74 Å². The zero-order valence-corrected chi connectivity index (χ0v) is 22.4. The molecule has 0 bridgehead atoms. The first-order chi connectivity index (χ1) is 18.5. The lowest BCUT2D eigenvalue weighted by atomic mass is 10.1. The van der Waals surface area contributed by atoms with Crippen molar-refractivity contribution >= 4 is 27.0 Å². The molecule has 214 valence electrons. The van der Waals surface area contributed by atoms with E-state index < -0.39 is 56.4 Å². The van der Waals surface area contributed by atoms with Crippen LogP contribution >= 0.6 is 0 Å². The second kappa shape index (κ2) is 10.4. The predicted octanol–water partition coefficient (Wildman–Crippen LogP) is 5.71. The monoisotopic (exact) mass is 605 g/mol. The van der Waals surface area contributed by atoms with Crippen molar-refractivity contribution in [1.82, 2.24) is 0 Å². The number of benzene rings is 3. The van der Waals surface area contributed by atoms with Crippen molar-refractivity contribution in [2.75, 3.05) is 6.61 Å². The molecule has 7 nitrogen and oxygen atoms in total. The van der Waals surface area contributed by atoms with Crippen LogP contribution in [0.3, 0.4) is 0 Å². The molecule has 0 radical (unpaired) electrons. The average Bonchev–Trinajstić information content (AvgIpc) is 3.22. The van der Waals surface area contributed by atoms with Crippen LogP contribution in [0.5, 0.6) is 5.75 Å². The van der Waals surface area contributed by atoms with Gasteiger partial charge in [0.1, 0.15) is 5.75 Å². The van der Waals surface area contributed by atoms with Crippen molar-refractivity contribution in [2.24, 2.45) is 0 Å². The van der Waals surface area contributed by atoms with Gasteiger partial charge in [0, 0.05) is 5.56 Å². The van der Waals surface area contributed by atoms with Crippen LogP contribution in [0.25, 0.3) is 0 Å². The topological polar surface area (TPSA) is 99.1 Å². The normalized spacial score (nSPS) is 22.6. The van der Waals surface area contributed by atoms with Gasteiger partial charge in [-0.2, -0.15) is 30.4 Å². The van der Waals surface area contributed by atoms with Crippen LogP contribution in [0.4, 0.5) is 22.0 Å². The van der Waals surface area contributed by atoms with Gasteiger partial charge in [0.2, 0.25) is 0 Å². The number of hydrogen-bond acceptors (Lipinski definition) is 6. The SMILES string of the molecule is CC1(c2ccc([S+](c3ccccc3)c3ccc(OC(=O)C(F)(F)S(=O)(=O)O)cc3)cc2)OCC(C)(C(F)(F)F)O1. The van der Waals surface area contributed by atoms with Gasteiger partial charge in [0.05, 0.1) is 17.5 Å². The fourth-order valence-electron chi connectivity index (χ4n) is 3.82. The Morgan fingerprint density at radius 2 is 1.38 bits per heavy atom. The van der Waals surface area contributed by atoms with Gasteiger partial charge < -0.3 is 14.2 Å². The molecule has 3 aromatic carbocycles. The zero-order chi connectivity index (χ0) is 29.6. The Hall–Kier alpha value is -3.04. The van der Waals surface area contributed by atoms with Gasteiger partial charge in [-0.15, -0.1) is 0 Å². The highest BCUT2D eigenvalue weighted by Crippen LogP contribution is 2.46. The van der Waals surface area contributed by atoms with Crippen molar-refractivity contribution in [3.63, 3.8) is 0 Å². The third-order valence-corrected chi connectivity index (χ3v) is 9.11. The first-order valence-corrected chi connectivity index (χ1v) is 14.1. The number of carbonyl (C=O) groups is 1. The van der Waals surface area contributed by atoms with Gasteiger partial charge >= 0.3 is 27.5 Å². The maximum atomic E-state index is 13.5. The van der Waals surface area contributed by atoms with E-state index in [4.69, 9.17) is 14.0 Å². The summed E-state index contributed by atoms with van der Waals surface area (Å²) >= 11 is 0. The number of esters is 1. The molecule has 1 N–H and O–H groups in total. The van der Waals surface area contributed by atoms with E-state index in [2.05, 4.69) is 4.74 Å². The van der Waals surface area contributed by atoms with Gasteiger partial charge in [-0.3, -0.25) is 4.55 Å². The quantitative estimate of drug-likeness (QED) is 0.121. The number of carbonyl (C=O) groups excluding carboxylic acids is 1. The second-order valence-corrected chi connectivity index (χ2v) is 12.6. The summed E-state index contributed by atoms with van der Waals surface area (Å²) in [5.74, 6) is -4.49. The number of ether oxygens (including phenoxy) is 3. The van der Waals surface area contributed by atoms with Crippen molar-refractivity contribution < 1.29 is 53.9 Å². The Morgan fingerprint density at radius 1 is 0.875 bits per heavy atom. The molecule has 1 saturated heterocycles. The van der Waals surface area contributed by atoms with E-state index in [1.165, 1.54) is 31.2 Å². The molecule has 3 aromatic rings. The van der Waals surface area contributed by atoms with Crippen LogP contribution in [-0.4, -0.2) is 42.6 Å². The second-order valence-electron chi connectivity index (χ2n) is 9.06. The Labute approximate surface area is 229 Å². The van der Waals surface area contributed by atoms with Crippen molar-refractivity contribution in [3.8, 4) is 5.75 Å². The summed E-state index contributed by atoms with van der Waals surface area (Å²) in [6.45, 7) is 1.65. The van der Waals surface area contributed by atoms with E-state index in [0.717, 1.165) is 16.7 Å². The largest absolute Gasteiger partial charge is 0.466 e. The van der Waals surface area contributed by atoms with Gasteiger partial charge in [0.25, 0.3) is 0 Å². The van der Waals surface area contributed by atoms with Crippen LogP contribution in [-0.2, 0) is 41.1 Å². The van der Waals surface area contributed by atoms with Crippen molar-refractivity contribution in [1.29, 1.82) is 0 Å². The van der Waals surface area contributed by atoms with Gasteiger partial charge in [0.15, 0.2) is 26.1 Å². The highest BCUT2D eigenvalue weighted by molar-refractivity contribution is 7.97. The summed E-state index contributed by atoms with van der Waals surface area (Å²) in [6, 6.07) is 21.0. The summed E-state index contributed by atoms with van der Waals surface area (Å²) < 4.78 is 113. The summed E-state index contributed by atoms with van der Waals surface area (Å²) in [5, 5.41) is -5.15. The van der Waals surface area contributed by atoms with Crippen LogP contribution in [0, 0.1) is 0 Å². The van der Waals surface area contributed by atoms with E-state index in [1.54, 1.807) is 42.5 Å². The fraction of sp³-hybridized carbons (Fsp3) is 0.269. The van der Waals surface area contributed by atoms with Crippen LogP contribution in [0.1, 0.15) is 19.4 Å². The minimum atomic E-state index is -6.02. The zero-order valence-electron chi connectivity index (χ0n) is 20.8. The lowest BCUT2D eigenvalue weighted by molar-refractivity contribution is -0.283. The molecule has 1 heterocycles. The third kappa shape index (κ3) is 5.72. The minimum Gasteiger partial charge on any atom is -0.421 e. The van der Waals surface area contributed by atoms with E-state index in [0.29, 0.717) is 10.5 Å². The molecule has 1 fully saturated rings. The van der Waals surface area contributed by atoms with Crippen LogP contribution in [0.2, 0.25) is 0 Å². The van der Waals surface area contributed by atoms with Crippen molar-refractivity contribution in [3.05, 3.63) is 84.4 Å². The van der Waals surface area contributed by atoms with E-state index in [1.807, 2.05) is 12.1 Å². The maximum Gasteiger partial charge on any atom is 0.466 e. The highest BCUT2D eigenvalue weighted by atomic mass is 32.2. The molecule has 0 saturated carbocycles. The molecule has 1 aliphatic rings. The molecule has 0 spiro atoms. The molecule has 0 amide bonds. The molecule has 0 aromatic heterocycles. The molecule has 14 heteroatoms. The van der Waals surface area contributed by atoms with E-state index in [-0.39, 0.29) is 5.75 Å². The van der Waals surface area contributed by atoms with E-state index in [9.17, 15) is 35.2 Å². The Balaban J connectivity index is 1.62. The van der Waals surface area contributed by atoms with E-state index >= 15 is 0 Å². The standard InChI is InChI=1S/C26H21F5O7S2/c1-23(26(29,30)31)16-36-24(2,38-23)17-8-12-20(13-9-17)39(19-6-4-3-5-7-19)21-14-10-18(11-15-21)37-22(32)25(27,28)40(33,34)35/h3-15H,16H2,1-2H3/p+1. The Bertz CT molecular complexity index is 1480. The number of rotatable bonds is 7. The molecule has 3 atom stereocenters.